The molecule has 12 heteroatoms. The van der Waals surface area contributed by atoms with Crippen molar-refractivity contribution in [3.05, 3.63) is 93.2 Å². The molecule has 4 aromatic rings. The zero-order valence-corrected chi connectivity index (χ0v) is 34.5. The molecule has 3 saturated heterocycles. The van der Waals surface area contributed by atoms with E-state index >= 15 is 0 Å². The molecule has 9 rings (SSSR count). The summed E-state index contributed by atoms with van der Waals surface area (Å²) in [7, 11) is 0. The Bertz CT molecular complexity index is 2380. The number of fused-ring (bicyclic) bond motifs is 5. The Morgan fingerprint density at radius 2 is 1.72 bits per heavy atom. The first-order chi connectivity index (χ1) is 28.0. The molecule has 1 unspecified atom stereocenters. The zero-order chi connectivity index (χ0) is 40.3. The van der Waals surface area contributed by atoms with E-state index in [1.165, 1.54) is 11.3 Å². The molecule has 1 atom stereocenters. The number of rotatable bonds is 9. The first-order valence-corrected chi connectivity index (χ1v) is 21.9. The lowest BCUT2D eigenvalue weighted by Gasteiger charge is -2.44. The Hall–Kier alpha value is -4.96. The Kier molecular flexibility index (Phi) is 10.2. The highest BCUT2D eigenvalue weighted by Gasteiger charge is 2.42. The number of aryl methyl sites for hydroxylation is 1. The number of hydrogen-bond donors (Lipinski definition) is 2. The van der Waals surface area contributed by atoms with Crippen molar-refractivity contribution < 1.29 is 19.2 Å². The average molecular weight is 798 g/mol. The highest BCUT2D eigenvalue weighted by atomic mass is 32.2. The number of imide groups is 1. The maximum absolute atomic E-state index is 14.1. The summed E-state index contributed by atoms with van der Waals surface area (Å²) in [5.41, 5.74) is 8.71. The number of anilines is 1. The van der Waals surface area contributed by atoms with Crippen molar-refractivity contribution in [2.24, 2.45) is 0 Å². The van der Waals surface area contributed by atoms with Gasteiger partial charge in [-0.2, -0.15) is 5.26 Å². The van der Waals surface area contributed by atoms with Gasteiger partial charge in [-0.1, -0.05) is 32.9 Å². The van der Waals surface area contributed by atoms with Gasteiger partial charge in [-0.3, -0.25) is 29.4 Å². The summed E-state index contributed by atoms with van der Waals surface area (Å²) in [5, 5.41) is 12.8. The molecule has 2 N–H and O–H groups in total. The molecule has 0 bridgehead atoms. The minimum atomic E-state index is -0.594. The topological polar surface area (TPSA) is 133 Å². The number of thioether (sulfide) groups is 1. The lowest BCUT2D eigenvalue weighted by atomic mass is 9.70. The van der Waals surface area contributed by atoms with Gasteiger partial charge in [0.1, 0.15) is 6.04 Å². The fourth-order valence-electron chi connectivity index (χ4n) is 10.1. The van der Waals surface area contributed by atoms with Crippen molar-refractivity contribution in [1.82, 2.24) is 25.0 Å². The average Bonchev–Trinajstić information content (AvgIpc) is 3.80. The number of piperazine rings is 1. The van der Waals surface area contributed by atoms with Gasteiger partial charge in [-0.15, -0.1) is 11.8 Å². The van der Waals surface area contributed by atoms with Crippen LogP contribution in [0.25, 0.3) is 10.9 Å². The van der Waals surface area contributed by atoms with Crippen LogP contribution in [0.15, 0.2) is 53.4 Å². The number of piperidine rings is 2. The first kappa shape index (κ1) is 38.6. The van der Waals surface area contributed by atoms with Crippen molar-refractivity contribution in [3.8, 4) is 6.07 Å². The van der Waals surface area contributed by atoms with Gasteiger partial charge in [-0.25, -0.2) is 0 Å². The van der Waals surface area contributed by atoms with E-state index in [1.54, 1.807) is 22.7 Å². The summed E-state index contributed by atoms with van der Waals surface area (Å²) >= 11 is 1.79. The van der Waals surface area contributed by atoms with E-state index in [2.05, 4.69) is 70.0 Å². The number of aromatic amines is 1. The fraction of sp³-hybridized carbons (Fsp3) is 0.457. The molecular formula is C46H51N7O4S. The van der Waals surface area contributed by atoms with Crippen molar-refractivity contribution >= 4 is 51.9 Å². The van der Waals surface area contributed by atoms with Crippen molar-refractivity contribution in [1.29, 1.82) is 5.26 Å². The molecule has 3 aromatic carbocycles. The van der Waals surface area contributed by atoms with Crippen LogP contribution in [-0.4, -0.2) is 107 Å². The summed E-state index contributed by atoms with van der Waals surface area (Å²) in [4.78, 5) is 65.7. The van der Waals surface area contributed by atoms with Crippen LogP contribution >= 0.6 is 11.8 Å². The lowest BCUT2D eigenvalue weighted by molar-refractivity contribution is -0.136. The third kappa shape index (κ3) is 6.71. The molecule has 300 valence electrons. The molecule has 58 heavy (non-hydrogen) atoms. The van der Waals surface area contributed by atoms with E-state index in [0.717, 1.165) is 121 Å². The van der Waals surface area contributed by atoms with E-state index in [4.69, 9.17) is 0 Å². The molecule has 1 aromatic heterocycles. The van der Waals surface area contributed by atoms with Gasteiger partial charge in [0.05, 0.1) is 17.2 Å². The molecule has 1 aliphatic carbocycles. The predicted octanol–water partition coefficient (Wildman–Crippen LogP) is 6.00. The minimum absolute atomic E-state index is 0.0651. The molecule has 3 amide bonds. The molecule has 11 nitrogen and oxygen atoms in total. The lowest BCUT2D eigenvalue weighted by Crippen LogP contribution is -2.53. The Morgan fingerprint density at radius 1 is 0.931 bits per heavy atom. The van der Waals surface area contributed by atoms with Gasteiger partial charge < -0.3 is 19.7 Å². The maximum atomic E-state index is 14.1. The quantitative estimate of drug-likeness (QED) is 0.119. The van der Waals surface area contributed by atoms with Gasteiger partial charge in [0.2, 0.25) is 11.8 Å². The largest absolute Gasteiger partial charge is 0.371 e. The second-order valence-electron chi connectivity index (χ2n) is 17.1. The first-order valence-electron chi connectivity index (χ1n) is 20.9. The van der Waals surface area contributed by atoms with E-state index in [-0.39, 0.29) is 29.9 Å². The molecule has 0 saturated carbocycles. The molecule has 4 aliphatic heterocycles. The monoisotopic (exact) mass is 797 g/mol. The van der Waals surface area contributed by atoms with Crippen LogP contribution in [0.2, 0.25) is 0 Å². The van der Waals surface area contributed by atoms with E-state index in [9.17, 15) is 24.4 Å². The van der Waals surface area contributed by atoms with E-state index in [0.29, 0.717) is 30.1 Å². The second kappa shape index (κ2) is 15.3. The normalized spacial score (nSPS) is 21.2. The third-order valence-corrected chi connectivity index (χ3v) is 14.6. The molecule has 0 spiro atoms. The molecule has 5 aliphatic rings. The number of benzene rings is 3. The van der Waals surface area contributed by atoms with Crippen molar-refractivity contribution in [2.45, 2.75) is 88.2 Å². The van der Waals surface area contributed by atoms with Gasteiger partial charge in [0.15, 0.2) is 5.78 Å². The van der Waals surface area contributed by atoms with Crippen LogP contribution in [0.1, 0.15) is 107 Å². The smallest absolute Gasteiger partial charge is 0.255 e. The predicted molar refractivity (Wildman–Crippen MR) is 225 cm³/mol. The Morgan fingerprint density at radius 3 is 2.47 bits per heavy atom. The summed E-state index contributed by atoms with van der Waals surface area (Å²) in [6, 6.07) is 18.1. The third-order valence-electron chi connectivity index (χ3n) is 13.4. The summed E-state index contributed by atoms with van der Waals surface area (Å²) < 4.78 is 0. The number of carbonyl (C=O) groups is 4. The summed E-state index contributed by atoms with van der Waals surface area (Å²) in [6.45, 7) is 14.4. The van der Waals surface area contributed by atoms with Crippen molar-refractivity contribution in [2.75, 3.05) is 56.5 Å². The highest BCUT2D eigenvalue weighted by molar-refractivity contribution is 7.99. The van der Waals surface area contributed by atoms with Crippen LogP contribution in [-0.2, 0) is 28.0 Å². The number of nitrogens with zero attached hydrogens (tertiary/aromatic N) is 5. The number of amides is 3. The number of H-pyrrole nitrogens is 1. The fourth-order valence-corrected chi connectivity index (χ4v) is 11.2. The van der Waals surface area contributed by atoms with E-state index < -0.39 is 11.5 Å². The number of aromatic nitrogens is 1. The zero-order valence-electron chi connectivity index (χ0n) is 33.7. The second-order valence-corrected chi connectivity index (χ2v) is 18.2. The van der Waals surface area contributed by atoms with Crippen LogP contribution in [0.4, 0.5) is 5.69 Å². The van der Waals surface area contributed by atoms with Gasteiger partial charge in [0, 0.05) is 102 Å². The molecule has 0 radical (unpaired) electrons. The van der Waals surface area contributed by atoms with Crippen LogP contribution in [0, 0.1) is 11.3 Å². The minimum Gasteiger partial charge on any atom is -0.371 e. The summed E-state index contributed by atoms with van der Waals surface area (Å²) in [6.07, 6.45) is 4.80. The number of carbonyl (C=O) groups excluding carboxylic acids is 4. The Labute approximate surface area is 344 Å². The highest BCUT2D eigenvalue weighted by Crippen LogP contribution is 2.46. The standard InChI is InChI=1S/C46H51N7O4S/c1-4-29-24-33-35(46(2,3)43-41(42(33)55)32-10-9-28(26-47)23-36(32)48-43)25-38(29)52-16-13-30(14-17-52)51-20-18-50(19-21-51)15-6-22-58-39-8-5-7-31-34(39)27-53(45(31)57)37-11-12-40(54)49-44(37)56/h5,7-10,23-25,30,37,48H,4,6,11-22,27H2,1-3H3,(H,49,54,56). The molecule has 3 fully saturated rings. The SMILES string of the molecule is CCc1cc2c(cc1N1CCC(N3CCN(CCCSc4cccc5c4CN(C4CCC(=O)NC4=O)C5=O)CC3)CC1)C(C)(C)c1[nH]c3cc(C#N)ccc3c1C2=O. The Balaban J connectivity index is 0.773. The van der Waals surface area contributed by atoms with Gasteiger partial charge in [-0.05, 0) is 97.5 Å². The van der Waals surface area contributed by atoms with Gasteiger partial charge in [0.25, 0.3) is 5.91 Å². The van der Waals surface area contributed by atoms with Crippen molar-refractivity contribution in [3.63, 3.8) is 0 Å². The van der Waals surface area contributed by atoms with Crippen LogP contribution in [0.5, 0.6) is 0 Å². The molecular weight excluding hydrogens is 747 g/mol. The number of hydrogen-bond acceptors (Lipinski definition) is 9. The number of ketones is 1. The van der Waals surface area contributed by atoms with Crippen LogP contribution < -0.4 is 10.2 Å². The maximum Gasteiger partial charge on any atom is 0.255 e. The molecule has 5 heterocycles. The van der Waals surface area contributed by atoms with Crippen LogP contribution in [0.3, 0.4) is 0 Å². The number of nitriles is 1. The summed E-state index contributed by atoms with van der Waals surface area (Å²) in [5.74, 6) is 0.258. The van der Waals surface area contributed by atoms with Gasteiger partial charge >= 0.3 is 0 Å². The number of nitrogens with one attached hydrogen (secondary N) is 2. The van der Waals surface area contributed by atoms with E-state index in [1.807, 2.05) is 24.3 Å².